The molecule has 0 N–H and O–H groups in total. The van der Waals surface area contributed by atoms with E-state index in [0.29, 0.717) is 11.5 Å². The maximum absolute atomic E-state index is 10.9. The van der Waals surface area contributed by atoms with Gasteiger partial charge >= 0.3 is 0 Å². The van der Waals surface area contributed by atoms with E-state index in [0.717, 1.165) is 38.2 Å². The second kappa shape index (κ2) is 6.71. The molecule has 3 rings (SSSR count). The van der Waals surface area contributed by atoms with Crippen LogP contribution in [0, 0.1) is 21.4 Å². The van der Waals surface area contributed by atoms with Crippen LogP contribution in [0.2, 0.25) is 0 Å². The summed E-state index contributed by atoms with van der Waals surface area (Å²) in [5.74, 6) is 0.477. The minimum absolute atomic E-state index is 0.0443. The standard InChI is InChI=1S/C17H19N5O2/c1-2-21-12-15(11-19-21)13-5-7-20(8-6-13)17-4-3-16(22(23)24)9-14(17)10-18/h3-4,9,11-13H,2,5-8H2,1H3. The third-order valence-electron chi connectivity index (χ3n) is 4.60. The molecule has 1 fully saturated rings. The van der Waals surface area contributed by atoms with E-state index >= 15 is 0 Å². The summed E-state index contributed by atoms with van der Waals surface area (Å²) in [6.07, 6.45) is 6.01. The molecule has 124 valence electrons. The van der Waals surface area contributed by atoms with Gasteiger partial charge in [-0.15, -0.1) is 0 Å². The van der Waals surface area contributed by atoms with Crippen molar-refractivity contribution in [2.24, 2.45) is 0 Å². The Morgan fingerprint density at radius 2 is 2.17 bits per heavy atom. The number of anilines is 1. The molecule has 1 aliphatic heterocycles. The number of rotatable bonds is 4. The molecule has 7 nitrogen and oxygen atoms in total. The number of nitro benzene ring substituents is 1. The second-order valence-electron chi connectivity index (χ2n) is 5.96. The van der Waals surface area contributed by atoms with Crippen molar-refractivity contribution in [2.45, 2.75) is 32.2 Å². The molecular formula is C17H19N5O2. The van der Waals surface area contributed by atoms with Crippen molar-refractivity contribution in [3.8, 4) is 6.07 Å². The van der Waals surface area contributed by atoms with Crippen molar-refractivity contribution in [1.82, 2.24) is 9.78 Å². The lowest BCUT2D eigenvalue weighted by Gasteiger charge is -2.33. The number of nitrogens with zero attached hydrogens (tertiary/aromatic N) is 5. The topological polar surface area (TPSA) is 88.0 Å². The highest BCUT2D eigenvalue weighted by atomic mass is 16.6. The van der Waals surface area contributed by atoms with E-state index in [4.69, 9.17) is 0 Å². The number of aryl methyl sites for hydroxylation is 1. The molecule has 0 amide bonds. The molecule has 0 atom stereocenters. The number of non-ortho nitro benzene ring substituents is 1. The van der Waals surface area contributed by atoms with Gasteiger partial charge in [0.2, 0.25) is 0 Å². The van der Waals surface area contributed by atoms with Crippen molar-refractivity contribution in [2.75, 3.05) is 18.0 Å². The van der Waals surface area contributed by atoms with E-state index in [1.54, 1.807) is 6.07 Å². The highest BCUT2D eigenvalue weighted by Crippen LogP contribution is 2.32. The Balaban J connectivity index is 1.72. The fraction of sp³-hybridized carbons (Fsp3) is 0.412. The first kappa shape index (κ1) is 16.0. The van der Waals surface area contributed by atoms with Crippen LogP contribution in [-0.4, -0.2) is 27.8 Å². The molecule has 2 heterocycles. The summed E-state index contributed by atoms with van der Waals surface area (Å²) in [5, 5.41) is 24.5. The van der Waals surface area contributed by atoms with Crippen LogP contribution in [0.15, 0.2) is 30.6 Å². The zero-order valence-corrected chi connectivity index (χ0v) is 13.6. The fourth-order valence-electron chi connectivity index (χ4n) is 3.22. The summed E-state index contributed by atoms with van der Waals surface area (Å²) in [5.41, 5.74) is 2.37. The van der Waals surface area contributed by atoms with Crippen molar-refractivity contribution in [1.29, 1.82) is 5.26 Å². The van der Waals surface area contributed by atoms with Gasteiger partial charge in [0.25, 0.3) is 5.69 Å². The lowest BCUT2D eigenvalue weighted by molar-refractivity contribution is -0.384. The van der Waals surface area contributed by atoms with Gasteiger partial charge in [-0.05, 0) is 37.3 Å². The van der Waals surface area contributed by atoms with E-state index in [2.05, 4.69) is 29.2 Å². The molecule has 0 unspecified atom stereocenters. The molecule has 0 bridgehead atoms. The van der Waals surface area contributed by atoms with Gasteiger partial charge < -0.3 is 4.90 Å². The SMILES string of the molecule is CCn1cc(C2CCN(c3ccc([N+](=O)[O-])cc3C#N)CC2)cn1. The number of aromatic nitrogens is 2. The fourth-order valence-corrected chi connectivity index (χ4v) is 3.22. The van der Waals surface area contributed by atoms with Crippen LogP contribution in [0.3, 0.4) is 0 Å². The molecule has 0 aliphatic carbocycles. The van der Waals surface area contributed by atoms with Crippen LogP contribution in [0.5, 0.6) is 0 Å². The normalized spacial score (nSPS) is 15.2. The molecule has 1 aromatic carbocycles. The maximum Gasteiger partial charge on any atom is 0.270 e. The van der Waals surface area contributed by atoms with E-state index < -0.39 is 4.92 Å². The molecule has 2 aromatic rings. The van der Waals surface area contributed by atoms with Gasteiger partial charge in [-0.3, -0.25) is 14.8 Å². The summed E-state index contributed by atoms with van der Waals surface area (Å²) < 4.78 is 1.94. The van der Waals surface area contributed by atoms with Crippen molar-refractivity contribution < 1.29 is 4.92 Å². The van der Waals surface area contributed by atoms with Gasteiger partial charge in [-0.25, -0.2) is 0 Å². The van der Waals surface area contributed by atoms with Crippen LogP contribution in [0.4, 0.5) is 11.4 Å². The van der Waals surface area contributed by atoms with Gasteiger partial charge in [0, 0.05) is 38.0 Å². The van der Waals surface area contributed by atoms with Gasteiger partial charge in [-0.2, -0.15) is 10.4 Å². The monoisotopic (exact) mass is 325 g/mol. The summed E-state index contributed by atoms with van der Waals surface area (Å²) in [6.45, 7) is 4.59. The Morgan fingerprint density at radius 3 is 2.75 bits per heavy atom. The predicted molar refractivity (Wildman–Crippen MR) is 89.9 cm³/mol. The third kappa shape index (κ3) is 3.08. The summed E-state index contributed by atoms with van der Waals surface area (Å²) in [6, 6.07) is 6.59. The average molecular weight is 325 g/mol. The summed E-state index contributed by atoms with van der Waals surface area (Å²) in [4.78, 5) is 12.5. The van der Waals surface area contributed by atoms with E-state index in [9.17, 15) is 15.4 Å². The van der Waals surface area contributed by atoms with Gasteiger partial charge in [-0.1, -0.05) is 0 Å². The van der Waals surface area contributed by atoms with Crippen LogP contribution in [-0.2, 0) is 6.54 Å². The zero-order chi connectivity index (χ0) is 17.1. The Bertz CT molecular complexity index is 785. The summed E-state index contributed by atoms with van der Waals surface area (Å²) in [7, 11) is 0. The zero-order valence-electron chi connectivity index (χ0n) is 13.6. The Labute approximate surface area is 140 Å². The van der Waals surface area contributed by atoms with Gasteiger partial charge in [0.05, 0.1) is 22.4 Å². The van der Waals surface area contributed by atoms with Crippen LogP contribution < -0.4 is 4.90 Å². The van der Waals surface area contributed by atoms with E-state index in [1.165, 1.54) is 17.7 Å². The number of hydrogen-bond donors (Lipinski definition) is 0. The first-order chi connectivity index (χ1) is 11.6. The molecule has 0 spiro atoms. The quantitative estimate of drug-likeness (QED) is 0.637. The number of benzene rings is 1. The molecule has 0 saturated carbocycles. The average Bonchev–Trinajstić information content (AvgIpc) is 3.10. The number of nitro groups is 1. The Hall–Kier alpha value is -2.88. The van der Waals surface area contributed by atoms with E-state index in [-0.39, 0.29) is 5.69 Å². The minimum Gasteiger partial charge on any atom is -0.370 e. The highest BCUT2D eigenvalue weighted by Gasteiger charge is 2.24. The van der Waals surface area contributed by atoms with Gasteiger partial charge in [0.1, 0.15) is 6.07 Å². The highest BCUT2D eigenvalue weighted by molar-refractivity contribution is 5.63. The molecule has 1 saturated heterocycles. The molecular weight excluding hydrogens is 306 g/mol. The molecule has 24 heavy (non-hydrogen) atoms. The molecule has 1 aromatic heterocycles. The summed E-state index contributed by atoms with van der Waals surface area (Å²) >= 11 is 0. The maximum atomic E-state index is 10.9. The Morgan fingerprint density at radius 1 is 1.42 bits per heavy atom. The van der Waals surface area contributed by atoms with Crippen LogP contribution >= 0.6 is 0 Å². The van der Waals surface area contributed by atoms with E-state index in [1.807, 2.05) is 10.9 Å². The van der Waals surface area contributed by atoms with Crippen molar-refractivity contribution >= 4 is 11.4 Å². The smallest absolute Gasteiger partial charge is 0.270 e. The molecule has 7 heteroatoms. The van der Waals surface area contributed by atoms with Crippen LogP contribution in [0.25, 0.3) is 0 Å². The lowest BCUT2D eigenvalue weighted by atomic mass is 9.91. The number of piperidine rings is 1. The van der Waals surface area contributed by atoms with Gasteiger partial charge in [0.15, 0.2) is 0 Å². The first-order valence-corrected chi connectivity index (χ1v) is 8.08. The minimum atomic E-state index is -0.470. The lowest BCUT2D eigenvalue weighted by Crippen LogP contribution is -2.33. The number of hydrogen-bond acceptors (Lipinski definition) is 5. The second-order valence-corrected chi connectivity index (χ2v) is 5.96. The number of nitriles is 1. The van der Waals surface area contributed by atoms with Crippen molar-refractivity contribution in [3.05, 3.63) is 51.8 Å². The Kier molecular flexibility index (Phi) is 4.47. The first-order valence-electron chi connectivity index (χ1n) is 8.08. The largest absolute Gasteiger partial charge is 0.370 e. The molecule has 1 aliphatic rings. The van der Waals surface area contributed by atoms with Crippen molar-refractivity contribution in [3.63, 3.8) is 0 Å². The van der Waals surface area contributed by atoms with Crippen LogP contribution in [0.1, 0.15) is 36.8 Å². The predicted octanol–water partition coefficient (Wildman–Crippen LogP) is 3.07. The molecule has 0 radical (unpaired) electrons. The third-order valence-corrected chi connectivity index (χ3v) is 4.60.